The van der Waals surface area contributed by atoms with Gasteiger partial charge in [-0.2, -0.15) is 0 Å². The highest BCUT2D eigenvalue weighted by Crippen LogP contribution is 2.68. The van der Waals surface area contributed by atoms with Crippen LogP contribution in [0.4, 0.5) is 5.69 Å². The first-order valence-corrected chi connectivity index (χ1v) is 11.4. The molecule has 1 spiro atoms. The third kappa shape index (κ3) is 2.33. The molecule has 1 aromatic rings. The number of carbonyl (C=O) groups excluding carboxylic acids is 2. The lowest BCUT2D eigenvalue weighted by Crippen LogP contribution is -2.82. The minimum atomic E-state index is -2.10. The Balaban J connectivity index is 1.86. The quantitative estimate of drug-likeness (QED) is 0.662. The van der Waals surface area contributed by atoms with E-state index < -0.39 is 46.6 Å². The first kappa shape index (κ1) is 21.7. The molecule has 1 saturated carbocycles. The Kier molecular flexibility index (Phi) is 4.69. The van der Waals surface area contributed by atoms with Crippen molar-refractivity contribution in [3.8, 4) is 0 Å². The summed E-state index contributed by atoms with van der Waals surface area (Å²) in [6, 6.07) is 7.27. The van der Waals surface area contributed by atoms with Crippen molar-refractivity contribution < 1.29 is 29.3 Å². The number of aliphatic hydroxyl groups excluding tert-OH is 1. The molecule has 0 aromatic heterocycles. The highest BCUT2D eigenvalue weighted by molar-refractivity contribution is 5.86. The fourth-order valence-electron chi connectivity index (χ4n) is 8.05. The Morgan fingerprint density at radius 1 is 1.25 bits per heavy atom. The van der Waals surface area contributed by atoms with Crippen LogP contribution in [-0.2, 0) is 24.5 Å². The van der Waals surface area contributed by atoms with Crippen molar-refractivity contribution in [1.29, 1.82) is 0 Å². The van der Waals surface area contributed by atoms with Crippen LogP contribution in [0.3, 0.4) is 0 Å². The number of methoxy groups -OCH3 is 1. The van der Waals surface area contributed by atoms with E-state index in [1.807, 2.05) is 37.1 Å². The maximum Gasteiger partial charge on any atom is 0.344 e. The van der Waals surface area contributed by atoms with E-state index in [0.29, 0.717) is 19.4 Å². The lowest BCUT2D eigenvalue weighted by Gasteiger charge is -2.65. The van der Waals surface area contributed by atoms with Gasteiger partial charge in [-0.3, -0.25) is 9.69 Å². The van der Waals surface area contributed by atoms with Gasteiger partial charge in [-0.25, -0.2) is 4.79 Å². The molecule has 0 amide bonds. The van der Waals surface area contributed by atoms with E-state index in [4.69, 9.17) is 9.47 Å². The monoisotopic (exact) mass is 444 g/mol. The highest BCUT2D eigenvalue weighted by Gasteiger charge is 2.81. The lowest BCUT2D eigenvalue weighted by atomic mass is 9.46. The Hall–Kier alpha value is -2.16. The number of ether oxygens (including phenoxy) is 2. The summed E-state index contributed by atoms with van der Waals surface area (Å²) in [5.74, 6) is -1.38. The van der Waals surface area contributed by atoms with Crippen LogP contribution in [-0.4, -0.2) is 84.2 Å². The Bertz CT molecular complexity index is 970. The molecule has 2 N–H and O–H groups in total. The zero-order chi connectivity index (χ0) is 23.1. The van der Waals surface area contributed by atoms with Gasteiger partial charge in [0.15, 0.2) is 6.10 Å². The number of para-hydroxylation sites is 1. The van der Waals surface area contributed by atoms with Crippen LogP contribution < -0.4 is 4.90 Å². The first-order chi connectivity index (χ1) is 15.2. The Labute approximate surface area is 188 Å². The standard InChI is InChI=1S/C24H32N2O6/c1-5-22-12-15(28)13-26-11-10-23(18(22)26)16-8-6-7-9-17(16)25(3)19(23)24(30,21(29)31-4)20(22)32-14(2)27/h6-9,15,18-20,28,30H,5,10-13H2,1-4H3/t15-,18-,19+,20+,22+,23+,24-/m0/s1. The van der Waals surface area contributed by atoms with Gasteiger partial charge < -0.3 is 24.6 Å². The van der Waals surface area contributed by atoms with Gasteiger partial charge in [0.2, 0.25) is 5.60 Å². The second kappa shape index (κ2) is 6.92. The first-order valence-electron chi connectivity index (χ1n) is 11.4. The number of likely N-dealkylation sites (N-methyl/N-ethyl adjacent to an activating group) is 1. The minimum Gasteiger partial charge on any atom is -0.467 e. The van der Waals surface area contributed by atoms with E-state index >= 15 is 0 Å². The molecule has 0 bridgehead atoms. The molecule has 3 aliphatic heterocycles. The summed E-state index contributed by atoms with van der Waals surface area (Å²) in [4.78, 5) is 30.0. The second-order valence-corrected chi connectivity index (χ2v) is 9.97. The summed E-state index contributed by atoms with van der Waals surface area (Å²) in [7, 11) is 3.14. The molecule has 0 unspecified atom stereocenters. The van der Waals surface area contributed by atoms with Crippen LogP contribution in [0.1, 0.15) is 38.7 Å². The lowest BCUT2D eigenvalue weighted by molar-refractivity contribution is -0.249. The summed E-state index contributed by atoms with van der Waals surface area (Å²) in [6.07, 6.45) is -0.206. The Morgan fingerprint density at radius 3 is 2.62 bits per heavy atom. The Morgan fingerprint density at radius 2 is 1.97 bits per heavy atom. The summed E-state index contributed by atoms with van der Waals surface area (Å²) in [5, 5.41) is 23.3. The van der Waals surface area contributed by atoms with Crippen LogP contribution in [0.25, 0.3) is 0 Å². The number of nitrogens with zero attached hydrogens (tertiary/aromatic N) is 2. The number of fused-ring (bicyclic) bond motifs is 1. The molecule has 32 heavy (non-hydrogen) atoms. The second-order valence-electron chi connectivity index (χ2n) is 9.97. The van der Waals surface area contributed by atoms with Crippen molar-refractivity contribution in [3.05, 3.63) is 29.8 Å². The molecule has 8 nitrogen and oxygen atoms in total. The maximum absolute atomic E-state index is 13.4. The fraction of sp³-hybridized carbons (Fsp3) is 0.667. The predicted molar refractivity (Wildman–Crippen MR) is 116 cm³/mol. The van der Waals surface area contributed by atoms with Gasteiger partial charge in [0.1, 0.15) is 0 Å². The SMILES string of the molecule is CC[C@]12C[C@H](O)CN3CC[C@@]4(c5ccccc5N(C)[C@H]4[C@@](O)(C(=O)OC)[C@@H]1OC(C)=O)[C@@H]32. The van der Waals surface area contributed by atoms with E-state index in [2.05, 4.69) is 11.0 Å². The third-order valence-electron chi connectivity index (χ3n) is 8.73. The number of rotatable bonds is 3. The number of piperidine rings is 1. The normalized spacial score (nSPS) is 42.1. The minimum absolute atomic E-state index is 0.103. The number of esters is 2. The highest BCUT2D eigenvalue weighted by atomic mass is 16.6. The van der Waals surface area contributed by atoms with E-state index in [1.54, 1.807) is 0 Å². The largest absolute Gasteiger partial charge is 0.467 e. The molecule has 1 aliphatic carbocycles. The molecule has 3 heterocycles. The van der Waals surface area contributed by atoms with Crippen molar-refractivity contribution in [2.24, 2.45) is 5.41 Å². The van der Waals surface area contributed by atoms with Gasteiger partial charge in [0.05, 0.1) is 19.3 Å². The van der Waals surface area contributed by atoms with Crippen molar-refractivity contribution in [1.82, 2.24) is 4.90 Å². The third-order valence-corrected chi connectivity index (χ3v) is 8.73. The van der Waals surface area contributed by atoms with Crippen LogP contribution in [0.5, 0.6) is 0 Å². The zero-order valence-electron chi connectivity index (χ0n) is 19.1. The number of hydrogen-bond acceptors (Lipinski definition) is 8. The number of anilines is 1. The molecule has 8 heteroatoms. The molecule has 2 saturated heterocycles. The van der Waals surface area contributed by atoms with Gasteiger partial charge in [0, 0.05) is 43.1 Å². The van der Waals surface area contributed by atoms with Crippen molar-refractivity contribution in [2.45, 2.75) is 68.4 Å². The number of benzene rings is 1. The van der Waals surface area contributed by atoms with Crippen LogP contribution in [0, 0.1) is 5.41 Å². The van der Waals surface area contributed by atoms with E-state index in [0.717, 1.165) is 24.2 Å². The van der Waals surface area contributed by atoms with Crippen molar-refractivity contribution >= 4 is 17.6 Å². The molecule has 7 atom stereocenters. The summed E-state index contributed by atoms with van der Waals surface area (Å²) < 4.78 is 11.0. The molecule has 174 valence electrons. The van der Waals surface area contributed by atoms with E-state index in [1.165, 1.54) is 14.0 Å². The smallest absolute Gasteiger partial charge is 0.344 e. The van der Waals surface area contributed by atoms with Crippen molar-refractivity contribution in [2.75, 3.05) is 32.1 Å². The summed E-state index contributed by atoms with van der Waals surface area (Å²) in [5.41, 5.74) is -1.44. The molecule has 0 radical (unpaired) electrons. The van der Waals surface area contributed by atoms with E-state index in [-0.39, 0.29) is 6.04 Å². The van der Waals surface area contributed by atoms with Gasteiger partial charge in [0.25, 0.3) is 0 Å². The molecular weight excluding hydrogens is 412 g/mol. The van der Waals surface area contributed by atoms with Crippen molar-refractivity contribution in [3.63, 3.8) is 0 Å². The zero-order valence-corrected chi connectivity index (χ0v) is 19.1. The fourth-order valence-corrected chi connectivity index (χ4v) is 8.05. The van der Waals surface area contributed by atoms with E-state index in [9.17, 15) is 19.8 Å². The number of hydrogen-bond donors (Lipinski definition) is 2. The topological polar surface area (TPSA) is 99.5 Å². The average Bonchev–Trinajstić information content (AvgIpc) is 3.27. The van der Waals surface area contributed by atoms with Crippen LogP contribution in [0.2, 0.25) is 0 Å². The average molecular weight is 445 g/mol. The molecule has 3 fully saturated rings. The maximum atomic E-state index is 13.4. The van der Waals surface area contributed by atoms with Gasteiger partial charge in [-0.1, -0.05) is 25.1 Å². The summed E-state index contributed by atoms with van der Waals surface area (Å²) >= 11 is 0. The van der Waals surface area contributed by atoms with Gasteiger partial charge in [-0.15, -0.1) is 0 Å². The number of carbonyl (C=O) groups is 2. The molecule has 5 rings (SSSR count). The van der Waals surface area contributed by atoms with Crippen LogP contribution >= 0.6 is 0 Å². The van der Waals surface area contributed by atoms with Gasteiger partial charge >= 0.3 is 11.9 Å². The molecule has 4 aliphatic rings. The number of aliphatic hydroxyl groups is 2. The predicted octanol–water partition coefficient (Wildman–Crippen LogP) is 0.827. The molecule has 1 aromatic carbocycles. The molecular formula is C24H32N2O6. The van der Waals surface area contributed by atoms with Gasteiger partial charge in [-0.05, 0) is 37.4 Å². The van der Waals surface area contributed by atoms with Crippen LogP contribution in [0.15, 0.2) is 24.3 Å². The summed E-state index contributed by atoms with van der Waals surface area (Å²) in [6.45, 7) is 4.53.